The van der Waals surface area contributed by atoms with Crippen LogP contribution in [0.5, 0.6) is 0 Å². The fourth-order valence-electron chi connectivity index (χ4n) is 1.59. The highest BCUT2D eigenvalue weighted by Crippen LogP contribution is 2.12. The quantitative estimate of drug-likeness (QED) is 0.566. The second kappa shape index (κ2) is 2.63. The zero-order chi connectivity index (χ0) is 10.4. The number of nitrogens with zero attached hydrogens (tertiary/aromatic N) is 4. The third-order valence-corrected chi connectivity index (χ3v) is 2.28. The predicted octanol–water partition coefficient (Wildman–Crippen LogP) is 0.274. The molecule has 0 aliphatic rings. The molecule has 3 aromatic rings. The summed E-state index contributed by atoms with van der Waals surface area (Å²) in [6.07, 6.45) is 1.64. The number of nitrogens with one attached hydrogen (secondary N) is 1. The lowest BCUT2D eigenvalue weighted by molar-refractivity contribution is 0.868. The minimum Gasteiger partial charge on any atom is -0.246 e. The molecular weight excluding hydrogens is 194 g/mol. The molecule has 0 bridgehead atoms. The van der Waals surface area contributed by atoms with Crippen molar-refractivity contribution in [1.82, 2.24) is 24.6 Å². The minimum absolute atomic E-state index is 0.300. The molecule has 0 atom stereocenters. The molecule has 15 heavy (non-hydrogen) atoms. The molecule has 1 N–H and O–H groups in total. The number of H-pyrrole nitrogens is 1. The van der Waals surface area contributed by atoms with Crippen molar-refractivity contribution in [2.75, 3.05) is 0 Å². The van der Waals surface area contributed by atoms with Crippen LogP contribution in [-0.4, -0.2) is 24.6 Å². The van der Waals surface area contributed by atoms with Gasteiger partial charge < -0.3 is 0 Å². The highest BCUT2D eigenvalue weighted by atomic mass is 16.1. The largest absolute Gasteiger partial charge is 0.348 e. The molecule has 0 spiro atoms. The molecule has 0 aliphatic heterocycles. The molecule has 0 amide bonds. The fraction of sp³-hybridized carbons (Fsp3) is 0.111. The average molecular weight is 201 g/mol. The number of fused-ring (bicyclic) bond motifs is 3. The lowest BCUT2D eigenvalue weighted by atomic mass is 10.4. The van der Waals surface area contributed by atoms with Gasteiger partial charge in [0, 0.05) is 6.20 Å². The van der Waals surface area contributed by atoms with Crippen molar-refractivity contribution in [2.24, 2.45) is 0 Å². The van der Waals surface area contributed by atoms with E-state index in [1.165, 1.54) is 4.40 Å². The normalized spacial score (nSPS) is 11.3. The molecular formula is C9H7N5O. The molecule has 0 unspecified atom stereocenters. The summed E-state index contributed by atoms with van der Waals surface area (Å²) < 4.78 is 1.48. The van der Waals surface area contributed by atoms with E-state index in [0.29, 0.717) is 22.5 Å². The molecule has 0 saturated carbocycles. The molecule has 74 valence electrons. The zero-order valence-electron chi connectivity index (χ0n) is 7.93. The second-order valence-corrected chi connectivity index (χ2v) is 3.23. The van der Waals surface area contributed by atoms with E-state index in [1.807, 2.05) is 0 Å². The number of aromatic amines is 1. The van der Waals surface area contributed by atoms with Crippen LogP contribution in [-0.2, 0) is 0 Å². The summed E-state index contributed by atoms with van der Waals surface area (Å²) in [6.45, 7) is 1.79. The van der Waals surface area contributed by atoms with Crippen molar-refractivity contribution in [3.05, 3.63) is 34.5 Å². The highest BCUT2D eigenvalue weighted by Gasteiger charge is 2.09. The van der Waals surface area contributed by atoms with Crippen LogP contribution in [0.1, 0.15) is 5.69 Å². The first-order chi connectivity index (χ1) is 7.27. The van der Waals surface area contributed by atoms with Crippen molar-refractivity contribution in [2.45, 2.75) is 6.92 Å². The van der Waals surface area contributed by atoms with Gasteiger partial charge in [0.25, 0.3) is 0 Å². The summed E-state index contributed by atoms with van der Waals surface area (Å²) in [5.74, 6) is 0. The van der Waals surface area contributed by atoms with E-state index in [9.17, 15) is 4.79 Å². The Kier molecular flexibility index (Phi) is 1.42. The number of hydrogen-bond donors (Lipinski definition) is 1. The summed E-state index contributed by atoms with van der Waals surface area (Å²) >= 11 is 0. The Morgan fingerprint density at radius 2 is 2.33 bits per heavy atom. The lowest BCUT2D eigenvalue weighted by Crippen LogP contribution is -2.18. The maximum atomic E-state index is 11.6. The monoisotopic (exact) mass is 201 g/mol. The number of aromatic nitrogens is 5. The molecule has 0 saturated heterocycles. The maximum Gasteiger partial charge on any atom is 0.348 e. The van der Waals surface area contributed by atoms with E-state index in [0.717, 1.165) is 0 Å². The number of aryl methyl sites for hydroxylation is 1. The van der Waals surface area contributed by atoms with E-state index < -0.39 is 0 Å². The first-order valence-electron chi connectivity index (χ1n) is 4.46. The van der Waals surface area contributed by atoms with Gasteiger partial charge in [-0.25, -0.2) is 24.3 Å². The molecule has 0 aliphatic carbocycles. The Labute approximate surface area is 83.6 Å². The van der Waals surface area contributed by atoms with Gasteiger partial charge in [-0.2, -0.15) is 5.10 Å². The van der Waals surface area contributed by atoms with E-state index in [1.54, 1.807) is 25.3 Å². The van der Waals surface area contributed by atoms with Crippen LogP contribution in [0.4, 0.5) is 0 Å². The van der Waals surface area contributed by atoms with Crippen LogP contribution in [0.15, 0.2) is 23.1 Å². The van der Waals surface area contributed by atoms with Crippen LogP contribution in [0.25, 0.3) is 16.8 Å². The van der Waals surface area contributed by atoms with Crippen molar-refractivity contribution < 1.29 is 0 Å². The van der Waals surface area contributed by atoms with Gasteiger partial charge in [-0.05, 0) is 19.1 Å². The lowest BCUT2D eigenvalue weighted by Gasteiger charge is -1.94. The van der Waals surface area contributed by atoms with Crippen LogP contribution < -0.4 is 5.69 Å². The Morgan fingerprint density at radius 3 is 3.20 bits per heavy atom. The smallest absolute Gasteiger partial charge is 0.246 e. The molecule has 3 heterocycles. The fourth-order valence-corrected chi connectivity index (χ4v) is 1.59. The van der Waals surface area contributed by atoms with Gasteiger partial charge in [0.05, 0.1) is 5.52 Å². The van der Waals surface area contributed by atoms with Gasteiger partial charge in [0.15, 0.2) is 11.3 Å². The molecule has 3 aromatic heterocycles. The van der Waals surface area contributed by atoms with Gasteiger partial charge in [0.1, 0.15) is 5.69 Å². The summed E-state index contributed by atoms with van der Waals surface area (Å²) in [4.78, 5) is 19.9. The zero-order valence-corrected chi connectivity index (χ0v) is 7.93. The Morgan fingerprint density at radius 1 is 1.47 bits per heavy atom. The SMILES string of the molecule is Cc1n[nH]c(=O)n2c1nc1ncccc12. The minimum atomic E-state index is -0.300. The van der Waals surface area contributed by atoms with Crippen molar-refractivity contribution in [1.29, 1.82) is 0 Å². The Bertz CT molecular complexity index is 711. The van der Waals surface area contributed by atoms with Gasteiger partial charge in [-0.3, -0.25) is 0 Å². The Hall–Kier alpha value is -2.24. The predicted molar refractivity (Wildman–Crippen MR) is 53.6 cm³/mol. The van der Waals surface area contributed by atoms with Gasteiger partial charge in [0.2, 0.25) is 0 Å². The van der Waals surface area contributed by atoms with Crippen LogP contribution >= 0.6 is 0 Å². The third kappa shape index (κ3) is 0.983. The van der Waals surface area contributed by atoms with E-state index in [4.69, 9.17) is 0 Å². The summed E-state index contributed by atoms with van der Waals surface area (Å²) in [5.41, 5.74) is 2.17. The van der Waals surface area contributed by atoms with Crippen LogP contribution in [0, 0.1) is 6.92 Å². The number of hydrogen-bond acceptors (Lipinski definition) is 4. The van der Waals surface area contributed by atoms with Crippen molar-refractivity contribution in [3.8, 4) is 0 Å². The van der Waals surface area contributed by atoms with Crippen LogP contribution in [0.2, 0.25) is 0 Å². The number of rotatable bonds is 0. The summed E-state index contributed by atoms with van der Waals surface area (Å²) in [7, 11) is 0. The number of imidazole rings is 1. The second-order valence-electron chi connectivity index (χ2n) is 3.23. The molecule has 0 fully saturated rings. The molecule has 6 heteroatoms. The maximum absolute atomic E-state index is 11.6. The van der Waals surface area contributed by atoms with E-state index in [2.05, 4.69) is 20.2 Å². The van der Waals surface area contributed by atoms with Crippen LogP contribution in [0.3, 0.4) is 0 Å². The van der Waals surface area contributed by atoms with Crippen molar-refractivity contribution >= 4 is 16.8 Å². The topological polar surface area (TPSA) is 75.9 Å². The molecule has 6 nitrogen and oxygen atoms in total. The number of pyridine rings is 1. The van der Waals surface area contributed by atoms with E-state index >= 15 is 0 Å². The average Bonchev–Trinajstić information content (AvgIpc) is 2.64. The standard InChI is InChI=1S/C9H7N5O/c1-5-8-11-7-6(3-2-4-10-7)14(8)9(15)13-12-5/h2-4H,1H3,(H,13,15). The molecule has 0 aromatic carbocycles. The first-order valence-corrected chi connectivity index (χ1v) is 4.46. The van der Waals surface area contributed by atoms with Gasteiger partial charge in [-0.1, -0.05) is 0 Å². The highest BCUT2D eigenvalue weighted by molar-refractivity contribution is 5.76. The third-order valence-electron chi connectivity index (χ3n) is 2.28. The van der Waals surface area contributed by atoms with Crippen molar-refractivity contribution in [3.63, 3.8) is 0 Å². The first kappa shape index (κ1) is 8.10. The summed E-state index contributed by atoms with van der Waals surface area (Å²) in [6, 6.07) is 3.57. The molecule has 3 rings (SSSR count). The summed E-state index contributed by atoms with van der Waals surface area (Å²) in [5, 5.41) is 6.26. The molecule has 0 radical (unpaired) electrons. The van der Waals surface area contributed by atoms with Gasteiger partial charge >= 0.3 is 5.69 Å². The Balaban J connectivity index is 2.72. The van der Waals surface area contributed by atoms with E-state index in [-0.39, 0.29) is 5.69 Å². The van der Waals surface area contributed by atoms with Gasteiger partial charge in [-0.15, -0.1) is 0 Å².